The predicted molar refractivity (Wildman–Crippen MR) is 88.0 cm³/mol. The number of carbonyl (C=O) groups excluding carboxylic acids is 2. The van der Waals surface area contributed by atoms with Crippen LogP contribution >= 0.6 is 0 Å². The van der Waals surface area contributed by atoms with E-state index in [0.717, 1.165) is 49.9 Å². The molecule has 0 radical (unpaired) electrons. The molecule has 0 aromatic carbocycles. The fourth-order valence-electron chi connectivity index (χ4n) is 3.90. The van der Waals surface area contributed by atoms with Crippen molar-refractivity contribution in [3.8, 4) is 0 Å². The lowest BCUT2D eigenvalue weighted by molar-refractivity contribution is -0.120. The highest BCUT2D eigenvalue weighted by Crippen LogP contribution is 2.38. The lowest BCUT2D eigenvalue weighted by Crippen LogP contribution is -2.46. The van der Waals surface area contributed by atoms with Crippen LogP contribution in [0.5, 0.6) is 0 Å². The van der Waals surface area contributed by atoms with E-state index < -0.39 is 0 Å². The summed E-state index contributed by atoms with van der Waals surface area (Å²) in [5.41, 5.74) is 1.82. The Balaban J connectivity index is 1.56. The molecule has 5 nitrogen and oxygen atoms in total. The Morgan fingerprint density at radius 3 is 2.83 bits per heavy atom. The van der Waals surface area contributed by atoms with E-state index in [9.17, 15) is 9.59 Å². The van der Waals surface area contributed by atoms with Gasteiger partial charge in [0.1, 0.15) is 0 Å². The van der Waals surface area contributed by atoms with E-state index in [2.05, 4.69) is 17.2 Å². The normalized spacial score (nSPS) is 26.7. The van der Waals surface area contributed by atoms with Crippen LogP contribution in [0.3, 0.4) is 0 Å². The van der Waals surface area contributed by atoms with E-state index in [1.807, 2.05) is 11.0 Å². The van der Waals surface area contributed by atoms with Gasteiger partial charge in [-0.15, -0.1) is 0 Å². The molecule has 1 aromatic rings. The van der Waals surface area contributed by atoms with Crippen molar-refractivity contribution in [2.24, 2.45) is 11.8 Å². The number of nitrogens with one attached hydrogen (secondary N) is 1. The summed E-state index contributed by atoms with van der Waals surface area (Å²) in [7, 11) is 0. The summed E-state index contributed by atoms with van der Waals surface area (Å²) >= 11 is 0. The van der Waals surface area contributed by atoms with Gasteiger partial charge in [0, 0.05) is 44.0 Å². The van der Waals surface area contributed by atoms with Gasteiger partial charge in [-0.05, 0) is 49.1 Å². The minimum atomic E-state index is 0.0569. The fourth-order valence-corrected chi connectivity index (χ4v) is 3.90. The molecule has 1 saturated carbocycles. The number of amides is 2. The van der Waals surface area contributed by atoms with Gasteiger partial charge >= 0.3 is 0 Å². The second-order valence-electron chi connectivity index (χ2n) is 6.82. The van der Waals surface area contributed by atoms with Crippen molar-refractivity contribution in [1.29, 1.82) is 0 Å². The summed E-state index contributed by atoms with van der Waals surface area (Å²) in [6.07, 6.45) is 7.51. The Morgan fingerprint density at radius 1 is 1.35 bits per heavy atom. The third-order valence-corrected chi connectivity index (χ3v) is 5.28. The minimum Gasteiger partial charge on any atom is -0.354 e. The molecular formula is C18H25N3O2. The Kier molecular flexibility index (Phi) is 4.64. The molecule has 0 spiro atoms. The van der Waals surface area contributed by atoms with Crippen LogP contribution in [0.2, 0.25) is 0 Å². The summed E-state index contributed by atoms with van der Waals surface area (Å²) in [5, 5.41) is 2.98. The third-order valence-electron chi connectivity index (χ3n) is 5.28. The quantitative estimate of drug-likeness (QED) is 0.924. The molecule has 1 aliphatic heterocycles. The Bertz CT molecular complexity index is 596. The van der Waals surface area contributed by atoms with Crippen molar-refractivity contribution in [3.05, 3.63) is 29.6 Å². The summed E-state index contributed by atoms with van der Waals surface area (Å²) in [4.78, 5) is 29.9. The molecule has 124 valence electrons. The molecule has 1 aromatic heterocycles. The van der Waals surface area contributed by atoms with E-state index in [0.29, 0.717) is 17.9 Å². The number of rotatable bonds is 4. The lowest BCUT2D eigenvalue weighted by atomic mass is 9.72. The van der Waals surface area contributed by atoms with E-state index >= 15 is 0 Å². The molecule has 1 unspecified atom stereocenters. The van der Waals surface area contributed by atoms with Crippen LogP contribution in [0.4, 0.5) is 0 Å². The van der Waals surface area contributed by atoms with Crippen molar-refractivity contribution in [3.63, 3.8) is 0 Å². The maximum atomic E-state index is 12.8. The molecule has 23 heavy (non-hydrogen) atoms. The van der Waals surface area contributed by atoms with Crippen molar-refractivity contribution in [2.45, 2.75) is 45.6 Å². The van der Waals surface area contributed by atoms with Gasteiger partial charge in [0.05, 0.1) is 0 Å². The fraction of sp³-hybridized carbons (Fsp3) is 0.611. The van der Waals surface area contributed by atoms with Gasteiger partial charge in [0.15, 0.2) is 0 Å². The zero-order valence-corrected chi connectivity index (χ0v) is 13.9. The van der Waals surface area contributed by atoms with Gasteiger partial charge in [-0.25, -0.2) is 0 Å². The summed E-state index contributed by atoms with van der Waals surface area (Å²) < 4.78 is 0. The standard InChI is InChI=1S/C18H25N3O2/c1-3-13-10-19-6-4-17(13)18(23)21-7-5-14(11-21)15-8-16(9-15)20-12(2)22/h4,6,10,14-16H,3,5,7-9,11H2,1-2H3,(H,20,22). The van der Waals surface area contributed by atoms with E-state index in [1.165, 1.54) is 0 Å². The summed E-state index contributed by atoms with van der Waals surface area (Å²) in [6.45, 7) is 5.32. The molecule has 1 aliphatic carbocycles. The van der Waals surface area contributed by atoms with Gasteiger partial charge in [0.2, 0.25) is 5.91 Å². The van der Waals surface area contributed by atoms with Crippen LogP contribution in [0.25, 0.3) is 0 Å². The van der Waals surface area contributed by atoms with Crippen molar-refractivity contribution < 1.29 is 9.59 Å². The summed E-state index contributed by atoms with van der Waals surface area (Å²) in [5.74, 6) is 1.43. The molecule has 2 heterocycles. The first-order valence-electron chi connectivity index (χ1n) is 8.57. The number of hydrogen-bond donors (Lipinski definition) is 1. The first kappa shape index (κ1) is 16.0. The van der Waals surface area contributed by atoms with E-state index in [4.69, 9.17) is 0 Å². The molecule has 2 aliphatic rings. The molecule has 1 atom stereocenters. The van der Waals surface area contributed by atoms with Crippen LogP contribution in [-0.2, 0) is 11.2 Å². The molecule has 5 heteroatoms. The van der Waals surface area contributed by atoms with E-state index in [1.54, 1.807) is 19.3 Å². The van der Waals surface area contributed by atoms with Gasteiger partial charge in [-0.2, -0.15) is 0 Å². The number of pyridine rings is 1. The van der Waals surface area contributed by atoms with Gasteiger partial charge in [0.25, 0.3) is 5.91 Å². The first-order valence-corrected chi connectivity index (χ1v) is 8.57. The number of nitrogens with zero attached hydrogens (tertiary/aromatic N) is 2. The lowest BCUT2D eigenvalue weighted by Gasteiger charge is -2.39. The molecule has 2 amide bonds. The second kappa shape index (κ2) is 6.69. The van der Waals surface area contributed by atoms with Crippen molar-refractivity contribution in [1.82, 2.24) is 15.2 Å². The Morgan fingerprint density at radius 2 is 2.13 bits per heavy atom. The maximum Gasteiger partial charge on any atom is 0.254 e. The zero-order valence-electron chi connectivity index (χ0n) is 13.9. The topological polar surface area (TPSA) is 62.3 Å². The minimum absolute atomic E-state index is 0.0569. The van der Waals surface area contributed by atoms with Crippen LogP contribution in [-0.4, -0.2) is 40.8 Å². The van der Waals surface area contributed by atoms with Gasteiger partial charge < -0.3 is 10.2 Å². The number of likely N-dealkylation sites (tertiary alicyclic amines) is 1. The molecule has 2 fully saturated rings. The van der Waals surface area contributed by atoms with Crippen molar-refractivity contribution >= 4 is 11.8 Å². The Labute approximate surface area is 137 Å². The zero-order chi connectivity index (χ0) is 16.4. The number of carbonyl (C=O) groups is 2. The maximum absolute atomic E-state index is 12.8. The average molecular weight is 315 g/mol. The third kappa shape index (κ3) is 3.38. The number of aryl methyl sites for hydroxylation is 1. The van der Waals surface area contributed by atoms with Crippen molar-refractivity contribution in [2.75, 3.05) is 13.1 Å². The highest BCUT2D eigenvalue weighted by molar-refractivity contribution is 5.95. The number of aromatic nitrogens is 1. The predicted octanol–water partition coefficient (Wildman–Crippen LogP) is 2.02. The molecule has 0 bridgehead atoms. The highest BCUT2D eigenvalue weighted by Gasteiger charge is 2.39. The monoisotopic (exact) mass is 315 g/mol. The molecular weight excluding hydrogens is 290 g/mol. The van der Waals surface area contributed by atoms with Crippen LogP contribution in [0.1, 0.15) is 49.0 Å². The van der Waals surface area contributed by atoms with Gasteiger partial charge in [-0.1, -0.05) is 6.92 Å². The molecule has 1 saturated heterocycles. The smallest absolute Gasteiger partial charge is 0.254 e. The first-order chi connectivity index (χ1) is 11.1. The largest absolute Gasteiger partial charge is 0.354 e. The molecule has 3 rings (SSSR count). The SMILES string of the molecule is CCc1cnccc1C(=O)N1CCC(C2CC(NC(C)=O)C2)C1. The summed E-state index contributed by atoms with van der Waals surface area (Å²) in [6, 6.07) is 2.18. The highest BCUT2D eigenvalue weighted by atomic mass is 16.2. The van der Waals surface area contributed by atoms with Crippen LogP contribution in [0.15, 0.2) is 18.5 Å². The molecule has 1 N–H and O–H groups in total. The van der Waals surface area contributed by atoms with Crippen LogP contribution < -0.4 is 5.32 Å². The second-order valence-corrected chi connectivity index (χ2v) is 6.82. The average Bonchev–Trinajstić information content (AvgIpc) is 2.98. The van der Waals surface area contributed by atoms with E-state index in [-0.39, 0.29) is 11.8 Å². The van der Waals surface area contributed by atoms with Gasteiger partial charge in [-0.3, -0.25) is 14.6 Å². The Hall–Kier alpha value is -1.91. The number of hydrogen-bond acceptors (Lipinski definition) is 3. The van der Waals surface area contributed by atoms with Crippen LogP contribution in [0, 0.1) is 11.8 Å².